The Kier molecular flexibility index (Phi) is 6.04. The first kappa shape index (κ1) is 20.1. The normalized spacial score (nSPS) is 23.7. The Morgan fingerprint density at radius 2 is 2.14 bits per heavy atom. The maximum Gasteiger partial charge on any atom is 0.230 e. The number of nitrogens with zero attached hydrogens (tertiary/aromatic N) is 2. The van der Waals surface area contributed by atoms with E-state index in [1.54, 1.807) is 12.3 Å². The Morgan fingerprint density at radius 3 is 2.86 bits per heavy atom. The van der Waals surface area contributed by atoms with Crippen molar-refractivity contribution in [1.82, 2.24) is 9.88 Å². The number of aromatic nitrogens is 1. The number of hydrogen-bond donors (Lipinski definition) is 1. The first-order valence-corrected chi connectivity index (χ1v) is 11.1. The van der Waals surface area contributed by atoms with Crippen LogP contribution in [0, 0.1) is 11.8 Å². The van der Waals surface area contributed by atoms with Crippen molar-refractivity contribution in [3.05, 3.63) is 46.5 Å². The SMILES string of the molecule is CC1CC1c1ccc(CCC(=O)N2CCCC(C(=O)Nc3ccc(Br)cn3)C2)o1. The maximum absolute atomic E-state index is 12.7. The largest absolute Gasteiger partial charge is 0.466 e. The van der Waals surface area contributed by atoms with Crippen LogP contribution in [0.5, 0.6) is 0 Å². The number of carbonyl (C=O) groups is 2. The molecular formula is C22H26BrN3O3. The molecule has 3 unspecified atom stereocenters. The van der Waals surface area contributed by atoms with Gasteiger partial charge in [0.15, 0.2) is 0 Å². The van der Waals surface area contributed by atoms with Gasteiger partial charge in [-0.15, -0.1) is 0 Å². The first-order chi connectivity index (χ1) is 14.0. The maximum atomic E-state index is 12.7. The highest BCUT2D eigenvalue weighted by atomic mass is 79.9. The Morgan fingerprint density at radius 1 is 1.31 bits per heavy atom. The molecule has 1 saturated carbocycles. The van der Waals surface area contributed by atoms with Crippen molar-refractivity contribution in [3.63, 3.8) is 0 Å². The molecule has 0 aromatic carbocycles. The quantitative estimate of drug-likeness (QED) is 0.695. The van der Waals surface area contributed by atoms with Gasteiger partial charge in [-0.1, -0.05) is 6.92 Å². The van der Waals surface area contributed by atoms with Crippen LogP contribution in [0.1, 0.15) is 50.0 Å². The van der Waals surface area contributed by atoms with Crippen molar-refractivity contribution < 1.29 is 14.0 Å². The molecule has 0 spiro atoms. The lowest BCUT2D eigenvalue weighted by Crippen LogP contribution is -2.43. The van der Waals surface area contributed by atoms with E-state index in [2.05, 4.69) is 33.2 Å². The van der Waals surface area contributed by atoms with Crippen LogP contribution < -0.4 is 5.32 Å². The number of piperidine rings is 1. The predicted molar refractivity (Wildman–Crippen MR) is 113 cm³/mol. The van der Waals surface area contributed by atoms with E-state index in [0.717, 1.165) is 28.8 Å². The monoisotopic (exact) mass is 459 g/mol. The van der Waals surface area contributed by atoms with Crippen LogP contribution in [0.25, 0.3) is 0 Å². The van der Waals surface area contributed by atoms with E-state index in [0.29, 0.717) is 43.6 Å². The highest BCUT2D eigenvalue weighted by Crippen LogP contribution is 2.47. The molecule has 1 aliphatic heterocycles. The van der Waals surface area contributed by atoms with Crippen LogP contribution in [0.2, 0.25) is 0 Å². The molecule has 154 valence electrons. The smallest absolute Gasteiger partial charge is 0.230 e. The van der Waals surface area contributed by atoms with Crippen molar-refractivity contribution in [1.29, 1.82) is 0 Å². The number of rotatable bonds is 6. The number of halogens is 1. The van der Waals surface area contributed by atoms with Gasteiger partial charge in [0.25, 0.3) is 0 Å². The van der Waals surface area contributed by atoms with Crippen LogP contribution in [0.3, 0.4) is 0 Å². The van der Waals surface area contributed by atoms with Crippen LogP contribution in [-0.4, -0.2) is 34.8 Å². The molecule has 1 aliphatic carbocycles. The molecule has 2 aromatic rings. The fraction of sp³-hybridized carbons (Fsp3) is 0.500. The fourth-order valence-electron chi connectivity index (χ4n) is 3.93. The fourth-order valence-corrected chi connectivity index (χ4v) is 4.17. The van der Waals surface area contributed by atoms with Crippen LogP contribution in [-0.2, 0) is 16.0 Å². The lowest BCUT2D eigenvalue weighted by atomic mass is 9.96. The van der Waals surface area contributed by atoms with Crippen LogP contribution in [0.15, 0.2) is 39.4 Å². The molecule has 2 aliphatic rings. The van der Waals surface area contributed by atoms with Crippen molar-refractivity contribution in [2.24, 2.45) is 11.8 Å². The van der Waals surface area contributed by atoms with Crippen molar-refractivity contribution in [2.45, 2.75) is 44.9 Å². The van der Waals surface area contributed by atoms with E-state index >= 15 is 0 Å². The highest BCUT2D eigenvalue weighted by Gasteiger charge is 2.36. The summed E-state index contributed by atoms with van der Waals surface area (Å²) in [7, 11) is 0. The molecule has 4 rings (SSSR count). The molecule has 29 heavy (non-hydrogen) atoms. The molecule has 3 atom stereocenters. The van der Waals surface area contributed by atoms with E-state index in [-0.39, 0.29) is 17.7 Å². The number of pyridine rings is 1. The summed E-state index contributed by atoms with van der Waals surface area (Å²) in [4.78, 5) is 31.3. The highest BCUT2D eigenvalue weighted by molar-refractivity contribution is 9.10. The molecule has 2 fully saturated rings. The zero-order valence-corrected chi connectivity index (χ0v) is 18.2. The summed E-state index contributed by atoms with van der Waals surface area (Å²) in [6.07, 6.45) is 5.48. The molecular weight excluding hydrogens is 434 g/mol. The Balaban J connectivity index is 1.27. The summed E-state index contributed by atoms with van der Waals surface area (Å²) in [5.41, 5.74) is 0. The van der Waals surface area contributed by atoms with E-state index < -0.39 is 0 Å². The minimum absolute atomic E-state index is 0.0773. The standard InChI is InChI=1S/C22H26BrN3O3/c1-14-11-18(14)19-7-5-17(29-19)6-9-21(27)26-10-2-3-15(13-26)22(28)25-20-8-4-16(23)12-24-20/h4-5,7-8,12,14-15,18H,2-3,6,9-11,13H2,1H3,(H,24,25,28). The lowest BCUT2D eigenvalue weighted by molar-refractivity contribution is -0.134. The minimum Gasteiger partial charge on any atom is -0.466 e. The predicted octanol–water partition coefficient (Wildman–Crippen LogP) is 4.37. The second-order valence-corrected chi connectivity index (χ2v) is 9.07. The van der Waals surface area contributed by atoms with Gasteiger partial charge in [-0.3, -0.25) is 9.59 Å². The number of amides is 2. The van der Waals surface area contributed by atoms with Gasteiger partial charge in [0.2, 0.25) is 11.8 Å². The minimum atomic E-state index is -0.204. The Bertz CT molecular complexity index is 880. The number of anilines is 1. The number of aryl methyl sites for hydroxylation is 1. The summed E-state index contributed by atoms with van der Waals surface area (Å²) in [6.45, 7) is 3.40. The Labute approximate surface area is 179 Å². The summed E-state index contributed by atoms with van der Waals surface area (Å²) >= 11 is 3.33. The van der Waals surface area contributed by atoms with Crippen LogP contribution in [0.4, 0.5) is 5.82 Å². The number of nitrogens with one attached hydrogen (secondary N) is 1. The first-order valence-electron chi connectivity index (χ1n) is 10.3. The topological polar surface area (TPSA) is 75.4 Å². The molecule has 2 amide bonds. The molecule has 1 saturated heterocycles. The summed E-state index contributed by atoms with van der Waals surface area (Å²) < 4.78 is 6.77. The second kappa shape index (κ2) is 8.69. The van der Waals surface area contributed by atoms with Gasteiger partial charge in [-0.25, -0.2) is 4.98 Å². The number of furan rings is 1. The second-order valence-electron chi connectivity index (χ2n) is 8.15. The third-order valence-corrected chi connectivity index (χ3v) is 6.34. The summed E-state index contributed by atoms with van der Waals surface area (Å²) in [5, 5.41) is 2.86. The van der Waals surface area contributed by atoms with Crippen molar-refractivity contribution in [3.8, 4) is 0 Å². The number of hydrogen-bond acceptors (Lipinski definition) is 4. The molecule has 2 aromatic heterocycles. The van der Waals surface area contributed by atoms with Crippen molar-refractivity contribution in [2.75, 3.05) is 18.4 Å². The zero-order valence-electron chi connectivity index (χ0n) is 16.6. The van der Waals surface area contributed by atoms with Gasteiger partial charge in [0, 0.05) is 42.5 Å². The molecule has 6 nitrogen and oxygen atoms in total. The third kappa shape index (κ3) is 5.07. The van der Waals surface area contributed by atoms with E-state index in [9.17, 15) is 9.59 Å². The Hall–Kier alpha value is -2.15. The number of carbonyl (C=O) groups excluding carboxylic acids is 2. The number of likely N-dealkylation sites (tertiary alicyclic amines) is 1. The lowest BCUT2D eigenvalue weighted by Gasteiger charge is -2.32. The van der Waals surface area contributed by atoms with Crippen LogP contribution >= 0.6 is 15.9 Å². The van der Waals surface area contributed by atoms with E-state index in [1.165, 1.54) is 6.42 Å². The molecule has 1 N–H and O–H groups in total. The van der Waals surface area contributed by atoms with Crippen molar-refractivity contribution >= 4 is 33.6 Å². The van der Waals surface area contributed by atoms with Gasteiger partial charge in [-0.05, 0) is 65.4 Å². The van der Waals surface area contributed by atoms with E-state index in [1.807, 2.05) is 23.1 Å². The molecule has 0 bridgehead atoms. The summed E-state index contributed by atoms with van der Waals surface area (Å²) in [5.74, 6) is 3.52. The average Bonchev–Trinajstić information content (AvgIpc) is 3.27. The van der Waals surface area contributed by atoms with Gasteiger partial charge in [0.05, 0.1) is 5.92 Å². The molecule has 0 radical (unpaired) electrons. The summed E-state index contributed by atoms with van der Waals surface area (Å²) in [6, 6.07) is 7.63. The zero-order chi connectivity index (χ0) is 20.4. The van der Waals surface area contributed by atoms with E-state index in [4.69, 9.17) is 4.42 Å². The van der Waals surface area contributed by atoms with Gasteiger partial charge < -0.3 is 14.6 Å². The van der Waals surface area contributed by atoms with Gasteiger partial charge in [0.1, 0.15) is 17.3 Å². The average molecular weight is 460 g/mol. The molecule has 3 heterocycles. The molecule has 7 heteroatoms. The third-order valence-electron chi connectivity index (χ3n) is 5.87. The van der Waals surface area contributed by atoms with Gasteiger partial charge in [-0.2, -0.15) is 0 Å². The van der Waals surface area contributed by atoms with Gasteiger partial charge >= 0.3 is 0 Å².